The van der Waals surface area contributed by atoms with Gasteiger partial charge in [0.05, 0.1) is 0 Å². The van der Waals surface area contributed by atoms with E-state index in [2.05, 4.69) is 64.1 Å². The van der Waals surface area contributed by atoms with Crippen LogP contribution in [0, 0.1) is 0 Å². The Balaban J connectivity index is 2.19. The number of rotatable bonds is 0. The largest absolute Gasteiger partial charge is 0.0885 e. The summed E-state index contributed by atoms with van der Waals surface area (Å²) in [6.07, 6.45) is 15.2. The summed E-state index contributed by atoms with van der Waals surface area (Å²) in [6.45, 7) is 9.58. The Hall–Kier alpha value is -1.04. The molecule has 0 spiro atoms. The lowest BCUT2D eigenvalue weighted by Gasteiger charge is -2.29. The van der Waals surface area contributed by atoms with Gasteiger partial charge in [0.15, 0.2) is 0 Å². The molecule has 0 saturated carbocycles. The van der Waals surface area contributed by atoms with E-state index < -0.39 is 0 Å². The minimum atomic E-state index is 0.295. The minimum absolute atomic E-state index is 0.295. The highest BCUT2D eigenvalue weighted by molar-refractivity contribution is 5.31. The molecule has 0 radical (unpaired) electrons. The molecular formula is C22H34. The fourth-order valence-electron chi connectivity index (χ4n) is 3.56. The summed E-state index contributed by atoms with van der Waals surface area (Å²) >= 11 is 0. The molecule has 3 rings (SSSR count). The molecule has 0 atom stereocenters. The molecule has 0 aliphatic heterocycles. The molecule has 22 heavy (non-hydrogen) atoms. The molecule has 0 heterocycles. The van der Waals surface area contributed by atoms with Crippen LogP contribution in [0.25, 0.3) is 0 Å². The third-order valence-electron chi connectivity index (χ3n) is 5.46. The van der Waals surface area contributed by atoms with Gasteiger partial charge in [0.2, 0.25) is 0 Å². The van der Waals surface area contributed by atoms with Crippen LogP contribution in [0.15, 0.2) is 36.4 Å². The van der Waals surface area contributed by atoms with Crippen molar-refractivity contribution in [3.8, 4) is 0 Å². The first-order chi connectivity index (χ1) is 10.4. The van der Waals surface area contributed by atoms with Gasteiger partial charge in [0.25, 0.3) is 0 Å². The molecule has 2 aliphatic carbocycles. The van der Waals surface area contributed by atoms with Crippen molar-refractivity contribution >= 4 is 0 Å². The molecule has 2 aliphatic rings. The molecule has 0 amide bonds. The lowest BCUT2D eigenvalue weighted by Crippen LogP contribution is -2.20. The average molecular weight is 299 g/mol. The molecule has 0 N–H and O–H groups in total. The van der Waals surface area contributed by atoms with Crippen LogP contribution in [-0.2, 0) is 10.8 Å². The topological polar surface area (TPSA) is 0 Å². The van der Waals surface area contributed by atoms with Crippen molar-refractivity contribution in [2.24, 2.45) is 0 Å². The van der Waals surface area contributed by atoms with Gasteiger partial charge in [-0.15, -0.1) is 0 Å². The highest BCUT2D eigenvalue weighted by atomic mass is 14.3. The van der Waals surface area contributed by atoms with Gasteiger partial charge in [-0.25, -0.2) is 0 Å². The summed E-state index contributed by atoms with van der Waals surface area (Å²) in [4.78, 5) is 0. The molecule has 0 unspecified atom stereocenters. The van der Waals surface area contributed by atoms with Crippen molar-refractivity contribution in [2.45, 2.75) is 89.9 Å². The van der Waals surface area contributed by atoms with Crippen LogP contribution in [0.1, 0.15) is 90.2 Å². The fraction of sp³-hybridized carbons (Fsp3) is 0.636. The summed E-state index contributed by atoms with van der Waals surface area (Å²) in [5.41, 5.74) is 3.58. The van der Waals surface area contributed by atoms with Crippen LogP contribution in [0.4, 0.5) is 0 Å². The lowest BCUT2D eigenvalue weighted by molar-refractivity contribution is 0.444. The predicted molar refractivity (Wildman–Crippen MR) is 98.6 cm³/mol. The first kappa shape index (κ1) is 17.3. The van der Waals surface area contributed by atoms with Gasteiger partial charge in [-0.05, 0) is 60.5 Å². The molecule has 0 fully saturated rings. The monoisotopic (exact) mass is 298 g/mol. The van der Waals surface area contributed by atoms with E-state index in [9.17, 15) is 0 Å². The Morgan fingerprint density at radius 2 is 0.955 bits per heavy atom. The maximum absolute atomic E-state index is 2.40. The van der Waals surface area contributed by atoms with Gasteiger partial charge < -0.3 is 0 Å². The van der Waals surface area contributed by atoms with E-state index in [1.54, 1.807) is 0 Å². The van der Waals surface area contributed by atoms with Crippen LogP contribution in [-0.4, -0.2) is 0 Å². The predicted octanol–water partition coefficient (Wildman–Crippen LogP) is 6.93. The molecule has 1 aromatic carbocycles. The van der Waals surface area contributed by atoms with Crippen molar-refractivity contribution in [1.82, 2.24) is 0 Å². The average Bonchev–Trinajstić information content (AvgIpc) is 2.48. The number of hydrogen-bond acceptors (Lipinski definition) is 0. The zero-order chi connectivity index (χ0) is 16.1. The zero-order valence-electron chi connectivity index (χ0n) is 15.1. The molecule has 0 aromatic heterocycles. The molecule has 0 heteroatoms. The third kappa shape index (κ3) is 4.73. The summed E-state index contributed by atoms with van der Waals surface area (Å²) < 4.78 is 0. The number of allylic oxidation sites excluding steroid dienone is 2. The van der Waals surface area contributed by atoms with Crippen LogP contribution in [0.3, 0.4) is 0 Å². The van der Waals surface area contributed by atoms with Crippen LogP contribution < -0.4 is 0 Å². The number of benzene rings is 1. The summed E-state index contributed by atoms with van der Waals surface area (Å²) in [7, 11) is 0. The molecule has 0 nitrogen and oxygen atoms in total. The standard InChI is InChI=1S/C22H34/c1-21(2)17-11-9-7-5-6-8-10-12-18-22(3,4)20-15-13-19(21)14-16-20/h5-6,13-16H,7-12,17-18H2,1-4H3/b6-5-. The first-order valence-electron chi connectivity index (χ1n) is 9.18. The molecular weight excluding hydrogens is 264 g/mol. The molecule has 122 valence electrons. The highest BCUT2D eigenvalue weighted by Crippen LogP contribution is 2.33. The Morgan fingerprint density at radius 3 is 1.32 bits per heavy atom. The van der Waals surface area contributed by atoms with Crippen LogP contribution in [0.2, 0.25) is 0 Å². The van der Waals surface area contributed by atoms with Gasteiger partial charge in [-0.3, -0.25) is 0 Å². The molecule has 0 saturated heterocycles. The van der Waals surface area contributed by atoms with Crippen molar-refractivity contribution in [1.29, 1.82) is 0 Å². The fourth-order valence-corrected chi connectivity index (χ4v) is 3.56. The van der Waals surface area contributed by atoms with Crippen molar-refractivity contribution in [2.75, 3.05) is 0 Å². The maximum Gasteiger partial charge on any atom is -0.0104 e. The summed E-state index contributed by atoms with van der Waals surface area (Å²) in [6, 6.07) is 9.51. The highest BCUT2D eigenvalue weighted by Gasteiger charge is 2.23. The van der Waals surface area contributed by atoms with E-state index in [0.29, 0.717) is 10.8 Å². The van der Waals surface area contributed by atoms with Crippen LogP contribution in [0.5, 0.6) is 0 Å². The van der Waals surface area contributed by atoms with Crippen LogP contribution >= 0.6 is 0 Å². The second-order valence-corrected chi connectivity index (χ2v) is 8.31. The van der Waals surface area contributed by atoms with Crippen molar-refractivity contribution in [3.05, 3.63) is 47.5 Å². The lowest BCUT2D eigenvalue weighted by atomic mass is 9.76. The minimum Gasteiger partial charge on any atom is -0.0885 e. The number of hydrogen-bond donors (Lipinski definition) is 0. The maximum atomic E-state index is 2.40. The molecule has 1 aromatic rings. The van der Waals surface area contributed by atoms with Crippen molar-refractivity contribution in [3.63, 3.8) is 0 Å². The first-order valence-corrected chi connectivity index (χ1v) is 9.18. The summed E-state index contributed by atoms with van der Waals surface area (Å²) in [5, 5.41) is 0. The Labute approximate surface area is 138 Å². The van der Waals surface area contributed by atoms with E-state index in [1.165, 1.54) is 62.5 Å². The SMILES string of the molecule is CC1(C)CCCC/C=C\CCCCC(C)(C)c2ccc1cc2. The smallest absolute Gasteiger partial charge is 0.0104 e. The van der Waals surface area contributed by atoms with Gasteiger partial charge >= 0.3 is 0 Å². The third-order valence-corrected chi connectivity index (χ3v) is 5.46. The van der Waals surface area contributed by atoms with E-state index >= 15 is 0 Å². The van der Waals surface area contributed by atoms with Gasteiger partial charge in [0, 0.05) is 0 Å². The van der Waals surface area contributed by atoms with E-state index in [4.69, 9.17) is 0 Å². The van der Waals surface area contributed by atoms with Gasteiger partial charge in [0.1, 0.15) is 0 Å². The Morgan fingerprint density at radius 1 is 0.591 bits per heavy atom. The van der Waals surface area contributed by atoms with E-state index in [0.717, 1.165) is 0 Å². The summed E-state index contributed by atoms with van der Waals surface area (Å²) in [5.74, 6) is 0. The molecule has 2 bridgehead atoms. The zero-order valence-corrected chi connectivity index (χ0v) is 15.1. The second kappa shape index (κ2) is 7.49. The quantitative estimate of drug-likeness (QED) is 0.455. The van der Waals surface area contributed by atoms with Crippen molar-refractivity contribution < 1.29 is 0 Å². The second-order valence-electron chi connectivity index (χ2n) is 8.31. The van der Waals surface area contributed by atoms with Gasteiger partial charge in [-0.2, -0.15) is 0 Å². The van der Waals surface area contributed by atoms with E-state index in [-0.39, 0.29) is 0 Å². The van der Waals surface area contributed by atoms with Gasteiger partial charge in [-0.1, -0.05) is 77.0 Å². The number of fused-ring (bicyclic) bond motifs is 12. The normalized spacial score (nSPS) is 24.0. The Bertz CT molecular complexity index is 428. The Kier molecular flexibility index (Phi) is 5.89. The van der Waals surface area contributed by atoms with E-state index in [1.807, 2.05) is 0 Å².